The Morgan fingerprint density at radius 2 is 0.506 bits per heavy atom. The second kappa shape index (κ2) is 70.3. The second-order valence-corrected chi connectivity index (χ2v) is 23.0. The molecule has 0 aliphatic carbocycles. The first-order chi connectivity index (χ1) is 41.0. The van der Waals surface area contributed by atoms with E-state index >= 15 is 0 Å². The van der Waals surface area contributed by atoms with Crippen molar-refractivity contribution in [3.63, 3.8) is 0 Å². The van der Waals surface area contributed by atoms with E-state index in [-0.39, 0.29) is 38.0 Å². The lowest BCUT2D eigenvalue weighted by Gasteiger charge is -2.18. The smallest absolute Gasteiger partial charge is 0.310 e. The van der Waals surface area contributed by atoms with Crippen molar-refractivity contribution in [3.05, 3.63) is 122 Å². The van der Waals surface area contributed by atoms with Gasteiger partial charge in [0.15, 0.2) is 6.10 Å². The molecular formula is C77H130O6. The first-order valence-electron chi connectivity index (χ1n) is 35.0. The Morgan fingerprint density at radius 1 is 0.265 bits per heavy atom. The Hall–Kier alpha value is -4.19. The van der Waals surface area contributed by atoms with Crippen molar-refractivity contribution in [2.24, 2.45) is 0 Å². The average Bonchev–Trinajstić information content (AvgIpc) is 3.50. The normalized spacial score (nSPS) is 12.9. The standard InChI is InChI=1S/C77H130O6/c1-4-7-10-13-16-19-22-25-28-29-30-31-32-33-34-35-36-37-38-39-40-41-42-43-44-45-46-47-50-52-55-58-61-64-67-70-76(79)82-73-74(83-77(80)71-68-65-62-59-56-53-49-27-24-21-18-15-12-9-6-3)72-81-75(78)69-66-63-60-57-54-51-48-26-23-20-17-14-11-8-5-2/h8-9,11-12,17-18,20-21,26-27,29-30,48-49,54,56-57,59,65,68,74H,4-7,10,13-16,19,22-25,28,31-47,50-53,55,58,60-64,66-67,69-73H2,1-3H3/b11-8-,12-9-,20-17-,21-18-,30-29-,48-26-,49-27-,57-54-,59-56-,68-65-. The summed E-state index contributed by atoms with van der Waals surface area (Å²) in [5.41, 5.74) is 0. The number of carbonyl (C=O) groups is 3. The number of carbonyl (C=O) groups excluding carboxylic acids is 3. The van der Waals surface area contributed by atoms with Crippen LogP contribution in [0.3, 0.4) is 0 Å². The summed E-state index contributed by atoms with van der Waals surface area (Å²) < 4.78 is 16.8. The maximum Gasteiger partial charge on any atom is 0.310 e. The average molecular weight is 1150 g/mol. The van der Waals surface area contributed by atoms with Crippen LogP contribution in [0.25, 0.3) is 0 Å². The number of allylic oxidation sites excluding steroid dienone is 19. The highest BCUT2D eigenvalue weighted by atomic mass is 16.6. The molecule has 0 saturated carbocycles. The molecule has 6 heteroatoms. The van der Waals surface area contributed by atoms with Gasteiger partial charge in [-0.1, -0.05) is 322 Å². The lowest BCUT2D eigenvalue weighted by atomic mass is 10.0. The summed E-state index contributed by atoms with van der Waals surface area (Å²) >= 11 is 0. The predicted molar refractivity (Wildman–Crippen MR) is 362 cm³/mol. The molecule has 0 aromatic rings. The third-order valence-electron chi connectivity index (χ3n) is 15.0. The van der Waals surface area contributed by atoms with Crippen LogP contribution in [-0.2, 0) is 28.6 Å². The fraction of sp³-hybridized carbons (Fsp3) is 0.701. The zero-order valence-corrected chi connectivity index (χ0v) is 54.4. The first-order valence-corrected chi connectivity index (χ1v) is 35.0. The summed E-state index contributed by atoms with van der Waals surface area (Å²) in [5.74, 6) is -1.10. The minimum absolute atomic E-state index is 0.0854. The topological polar surface area (TPSA) is 78.9 Å². The van der Waals surface area contributed by atoms with E-state index in [0.29, 0.717) is 19.3 Å². The number of unbranched alkanes of at least 4 members (excludes halogenated alkanes) is 33. The molecule has 0 saturated heterocycles. The van der Waals surface area contributed by atoms with Crippen LogP contribution in [0, 0.1) is 0 Å². The number of esters is 3. The Balaban J connectivity index is 4.19. The van der Waals surface area contributed by atoms with Crippen molar-refractivity contribution in [2.45, 2.75) is 335 Å². The van der Waals surface area contributed by atoms with Crippen LogP contribution in [0.2, 0.25) is 0 Å². The molecule has 0 spiro atoms. The summed E-state index contributed by atoms with van der Waals surface area (Å²) in [7, 11) is 0. The van der Waals surface area contributed by atoms with Crippen LogP contribution >= 0.6 is 0 Å². The Bertz CT molecular complexity index is 1700. The molecule has 0 N–H and O–H groups in total. The molecule has 0 fully saturated rings. The van der Waals surface area contributed by atoms with Gasteiger partial charge in [0.2, 0.25) is 0 Å². The van der Waals surface area contributed by atoms with Gasteiger partial charge in [-0.2, -0.15) is 0 Å². The van der Waals surface area contributed by atoms with Crippen LogP contribution in [0.5, 0.6) is 0 Å². The maximum absolute atomic E-state index is 12.8. The van der Waals surface area contributed by atoms with Gasteiger partial charge < -0.3 is 14.2 Å². The summed E-state index contributed by atoms with van der Waals surface area (Å²) in [5, 5.41) is 0. The van der Waals surface area contributed by atoms with Gasteiger partial charge in [-0.15, -0.1) is 0 Å². The Morgan fingerprint density at radius 3 is 0.831 bits per heavy atom. The highest BCUT2D eigenvalue weighted by Gasteiger charge is 2.19. The van der Waals surface area contributed by atoms with E-state index in [0.717, 1.165) is 83.5 Å². The van der Waals surface area contributed by atoms with E-state index in [1.165, 1.54) is 193 Å². The van der Waals surface area contributed by atoms with E-state index in [4.69, 9.17) is 14.2 Å². The second-order valence-electron chi connectivity index (χ2n) is 23.0. The molecule has 474 valence electrons. The highest BCUT2D eigenvalue weighted by molar-refractivity contribution is 5.72. The van der Waals surface area contributed by atoms with Gasteiger partial charge in [0.1, 0.15) is 13.2 Å². The third-order valence-corrected chi connectivity index (χ3v) is 15.0. The van der Waals surface area contributed by atoms with Gasteiger partial charge in [0.05, 0.1) is 6.42 Å². The lowest BCUT2D eigenvalue weighted by Crippen LogP contribution is -2.30. The number of hydrogen-bond acceptors (Lipinski definition) is 6. The highest BCUT2D eigenvalue weighted by Crippen LogP contribution is 2.17. The first kappa shape index (κ1) is 78.8. The molecule has 0 aliphatic heterocycles. The van der Waals surface area contributed by atoms with E-state index in [1.54, 1.807) is 6.08 Å². The van der Waals surface area contributed by atoms with Crippen molar-refractivity contribution in [2.75, 3.05) is 13.2 Å². The quantitative estimate of drug-likeness (QED) is 0.0261. The molecule has 0 aromatic carbocycles. The summed E-state index contributed by atoms with van der Waals surface area (Å²) in [6.07, 6.45) is 98.6. The molecule has 0 radical (unpaired) electrons. The van der Waals surface area contributed by atoms with Crippen LogP contribution in [0.1, 0.15) is 329 Å². The minimum atomic E-state index is -0.853. The van der Waals surface area contributed by atoms with E-state index in [1.807, 2.05) is 6.08 Å². The zero-order valence-electron chi connectivity index (χ0n) is 54.4. The number of ether oxygens (including phenoxy) is 3. The van der Waals surface area contributed by atoms with Crippen molar-refractivity contribution >= 4 is 17.9 Å². The summed E-state index contributed by atoms with van der Waals surface area (Å²) in [4.78, 5) is 38.2. The molecular weight excluding hydrogens is 1020 g/mol. The Kier molecular flexibility index (Phi) is 66.7. The van der Waals surface area contributed by atoms with Gasteiger partial charge in [0.25, 0.3) is 0 Å². The predicted octanol–water partition coefficient (Wildman–Crippen LogP) is 24.3. The zero-order chi connectivity index (χ0) is 59.9. The van der Waals surface area contributed by atoms with Crippen LogP contribution in [-0.4, -0.2) is 37.2 Å². The van der Waals surface area contributed by atoms with Crippen LogP contribution in [0.15, 0.2) is 122 Å². The fourth-order valence-electron chi connectivity index (χ4n) is 9.80. The summed E-state index contributed by atoms with van der Waals surface area (Å²) in [6.45, 7) is 6.31. The maximum atomic E-state index is 12.8. The molecule has 0 bridgehead atoms. The minimum Gasteiger partial charge on any atom is -0.462 e. The number of rotatable bonds is 63. The van der Waals surface area contributed by atoms with Gasteiger partial charge in [-0.3, -0.25) is 14.4 Å². The molecule has 0 aromatic heterocycles. The third kappa shape index (κ3) is 68.5. The SMILES string of the molecule is CC/C=C\C/C=C\C/C=C\C/C=C\C/C=C\CC(=O)OC(COC(=O)CCCC/C=C\C/C=C\C/C=C\C/C=C\CC)COC(=O)CCCCCCCCCCCCCCCCCCCCCCCCC/C=C\CCCCCCCCCC. The molecule has 0 amide bonds. The molecule has 1 unspecified atom stereocenters. The van der Waals surface area contributed by atoms with Crippen molar-refractivity contribution in [1.82, 2.24) is 0 Å². The summed E-state index contributed by atoms with van der Waals surface area (Å²) in [6, 6.07) is 0. The lowest BCUT2D eigenvalue weighted by molar-refractivity contribution is -0.166. The molecule has 6 nitrogen and oxygen atoms in total. The van der Waals surface area contributed by atoms with E-state index < -0.39 is 12.1 Å². The largest absolute Gasteiger partial charge is 0.462 e. The number of hydrogen-bond donors (Lipinski definition) is 0. The van der Waals surface area contributed by atoms with Gasteiger partial charge >= 0.3 is 17.9 Å². The molecule has 0 heterocycles. The van der Waals surface area contributed by atoms with Crippen LogP contribution < -0.4 is 0 Å². The van der Waals surface area contributed by atoms with Crippen LogP contribution in [0.4, 0.5) is 0 Å². The molecule has 83 heavy (non-hydrogen) atoms. The van der Waals surface area contributed by atoms with Crippen molar-refractivity contribution in [1.29, 1.82) is 0 Å². The molecule has 1 atom stereocenters. The van der Waals surface area contributed by atoms with Gasteiger partial charge in [-0.05, 0) is 109 Å². The monoisotopic (exact) mass is 1150 g/mol. The molecule has 0 rings (SSSR count). The van der Waals surface area contributed by atoms with Crippen molar-refractivity contribution < 1.29 is 28.6 Å². The Labute approximate surface area is 513 Å². The van der Waals surface area contributed by atoms with Crippen molar-refractivity contribution in [3.8, 4) is 0 Å². The van der Waals surface area contributed by atoms with E-state index in [9.17, 15) is 14.4 Å². The van der Waals surface area contributed by atoms with E-state index in [2.05, 4.69) is 130 Å². The van der Waals surface area contributed by atoms with Gasteiger partial charge in [0, 0.05) is 12.8 Å². The van der Waals surface area contributed by atoms with Gasteiger partial charge in [-0.25, -0.2) is 0 Å². The fourth-order valence-corrected chi connectivity index (χ4v) is 9.80. The molecule has 0 aliphatic rings.